The molecule has 0 amide bonds. The van der Waals surface area contributed by atoms with Gasteiger partial charge in [-0.05, 0) is 36.2 Å². The van der Waals surface area contributed by atoms with Gasteiger partial charge in [0.05, 0.1) is 14.2 Å². The van der Waals surface area contributed by atoms with Crippen LogP contribution in [0.2, 0.25) is 0 Å². The highest BCUT2D eigenvalue weighted by Crippen LogP contribution is 2.35. The smallest absolute Gasteiger partial charge is 0.328 e. The van der Waals surface area contributed by atoms with E-state index in [9.17, 15) is 0 Å². The summed E-state index contributed by atoms with van der Waals surface area (Å²) in [5.41, 5.74) is 3.23. The minimum Gasteiger partial charge on any atom is -0.493 e. The number of nitrogens with zero attached hydrogens (tertiary/aromatic N) is 3. The quantitative estimate of drug-likeness (QED) is 0.733. The first-order valence-corrected chi connectivity index (χ1v) is 7.71. The fourth-order valence-corrected chi connectivity index (χ4v) is 2.95. The molecule has 3 aromatic rings. The summed E-state index contributed by atoms with van der Waals surface area (Å²) in [4.78, 5) is 6.59. The number of anilines is 2. The molecule has 6 nitrogen and oxygen atoms in total. The molecular formula is C18H17N3O3. The van der Waals surface area contributed by atoms with Crippen LogP contribution in [0.3, 0.4) is 0 Å². The van der Waals surface area contributed by atoms with Gasteiger partial charge in [0, 0.05) is 17.8 Å². The lowest BCUT2D eigenvalue weighted by atomic mass is 10.2. The third kappa shape index (κ3) is 2.36. The van der Waals surface area contributed by atoms with Gasteiger partial charge < -0.3 is 14.0 Å². The van der Waals surface area contributed by atoms with E-state index in [1.807, 2.05) is 35.2 Å². The first-order chi connectivity index (χ1) is 11.8. The average molecular weight is 323 g/mol. The molecule has 0 N–H and O–H groups in total. The Morgan fingerprint density at radius 2 is 1.88 bits per heavy atom. The normalized spacial score (nSPS) is 13.0. The zero-order valence-corrected chi connectivity index (χ0v) is 13.5. The van der Waals surface area contributed by atoms with Gasteiger partial charge in [-0.15, -0.1) is 0 Å². The minimum absolute atomic E-state index is 0.504. The van der Waals surface area contributed by atoms with Crippen molar-refractivity contribution in [2.45, 2.75) is 6.42 Å². The Hall–Kier alpha value is -3.02. The number of rotatable bonds is 4. The van der Waals surface area contributed by atoms with Crippen molar-refractivity contribution in [3.05, 3.63) is 48.0 Å². The molecule has 0 unspecified atom stereocenters. The van der Waals surface area contributed by atoms with E-state index in [4.69, 9.17) is 14.0 Å². The molecular weight excluding hydrogens is 306 g/mol. The number of methoxy groups -OCH3 is 2. The molecule has 0 radical (unpaired) electrons. The second kappa shape index (κ2) is 5.88. The van der Waals surface area contributed by atoms with Crippen molar-refractivity contribution in [1.29, 1.82) is 0 Å². The van der Waals surface area contributed by atoms with Crippen LogP contribution in [0.1, 0.15) is 5.56 Å². The summed E-state index contributed by atoms with van der Waals surface area (Å²) in [6, 6.07) is 14.3. The number of fused-ring (bicyclic) bond motifs is 1. The molecule has 4 rings (SSSR count). The fourth-order valence-electron chi connectivity index (χ4n) is 2.95. The van der Waals surface area contributed by atoms with Crippen LogP contribution >= 0.6 is 0 Å². The summed E-state index contributed by atoms with van der Waals surface area (Å²) < 4.78 is 16.1. The van der Waals surface area contributed by atoms with Crippen LogP contribution in [0, 0.1) is 0 Å². The van der Waals surface area contributed by atoms with E-state index in [1.165, 1.54) is 5.56 Å². The van der Waals surface area contributed by atoms with Crippen molar-refractivity contribution in [1.82, 2.24) is 10.1 Å². The highest BCUT2D eigenvalue weighted by Gasteiger charge is 2.24. The van der Waals surface area contributed by atoms with Crippen LogP contribution in [-0.4, -0.2) is 30.9 Å². The van der Waals surface area contributed by atoms with Crippen molar-refractivity contribution in [2.75, 3.05) is 25.7 Å². The zero-order chi connectivity index (χ0) is 16.5. The Balaban J connectivity index is 1.67. The highest BCUT2D eigenvalue weighted by atomic mass is 16.5. The summed E-state index contributed by atoms with van der Waals surface area (Å²) >= 11 is 0. The van der Waals surface area contributed by atoms with E-state index in [0.717, 1.165) is 24.2 Å². The van der Waals surface area contributed by atoms with E-state index in [0.29, 0.717) is 23.3 Å². The van der Waals surface area contributed by atoms with E-state index < -0.39 is 0 Å². The zero-order valence-electron chi connectivity index (χ0n) is 13.5. The second-order valence-corrected chi connectivity index (χ2v) is 5.50. The van der Waals surface area contributed by atoms with E-state index in [2.05, 4.69) is 22.3 Å². The van der Waals surface area contributed by atoms with Crippen molar-refractivity contribution >= 4 is 11.7 Å². The molecule has 1 aromatic heterocycles. The molecule has 2 aromatic carbocycles. The van der Waals surface area contributed by atoms with Gasteiger partial charge in [-0.2, -0.15) is 4.98 Å². The van der Waals surface area contributed by atoms with Crippen molar-refractivity contribution in [3.63, 3.8) is 0 Å². The second-order valence-electron chi connectivity index (χ2n) is 5.50. The molecule has 6 heteroatoms. The summed E-state index contributed by atoms with van der Waals surface area (Å²) in [5, 5.41) is 4.11. The molecule has 0 saturated heterocycles. The Labute approximate surface area is 139 Å². The lowest BCUT2D eigenvalue weighted by Crippen LogP contribution is -2.13. The van der Waals surface area contributed by atoms with Crippen LogP contribution in [0.15, 0.2) is 47.0 Å². The molecule has 122 valence electrons. The standard InChI is InChI=1S/C18H17N3O3/c1-22-15-8-7-13(11-16(15)23-2)17-19-18(24-20-17)21-10-9-12-5-3-4-6-14(12)21/h3-8,11H,9-10H2,1-2H3. The summed E-state index contributed by atoms with van der Waals surface area (Å²) in [6.07, 6.45) is 0.976. The van der Waals surface area contributed by atoms with Crippen molar-refractivity contribution in [3.8, 4) is 22.9 Å². The van der Waals surface area contributed by atoms with Crippen LogP contribution in [-0.2, 0) is 6.42 Å². The van der Waals surface area contributed by atoms with Gasteiger partial charge in [0.2, 0.25) is 5.82 Å². The maximum absolute atomic E-state index is 5.48. The molecule has 0 spiro atoms. The molecule has 0 fully saturated rings. The number of hydrogen-bond donors (Lipinski definition) is 0. The van der Waals surface area contributed by atoms with Gasteiger partial charge >= 0.3 is 6.01 Å². The summed E-state index contributed by atoms with van der Waals surface area (Å²) in [7, 11) is 3.21. The Kier molecular flexibility index (Phi) is 3.57. The Morgan fingerprint density at radius 3 is 2.71 bits per heavy atom. The lowest BCUT2D eigenvalue weighted by molar-refractivity contribution is 0.355. The maximum Gasteiger partial charge on any atom is 0.328 e. The summed E-state index contributed by atoms with van der Waals surface area (Å²) in [6.45, 7) is 0.840. The third-order valence-corrected chi connectivity index (χ3v) is 4.18. The van der Waals surface area contributed by atoms with Gasteiger partial charge in [-0.25, -0.2) is 0 Å². The van der Waals surface area contributed by atoms with Gasteiger partial charge in [-0.1, -0.05) is 23.4 Å². The van der Waals surface area contributed by atoms with Crippen LogP contribution in [0.4, 0.5) is 11.7 Å². The van der Waals surface area contributed by atoms with E-state index >= 15 is 0 Å². The maximum atomic E-state index is 5.48. The molecule has 0 aliphatic carbocycles. The SMILES string of the molecule is COc1ccc(-c2noc(N3CCc4ccccc43)n2)cc1OC. The minimum atomic E-state index is 0.504. The first kappa shape index (κ1) is 14.6. The Bertz CT molecular complexity index is 875. The number of aromatic nitrogens is 2. The van der Waals surface area contributed by atoms with Crippen molar-refractivity contribution < 1.29 is 14.0 Å². The largest absolute Gasteiger partial charge is 0.493 e. The summed E-state index contributed by atoms with van der Waals surface area (Å²) in [5.74, 6) is 1.82. The molecule has 0 saturated carbocycles. The van der Waals surface area contributed by atoms with E-state index in [-0.39, 0.29) is 0 Å². The van der Waals surface area contributed by atoms with Crippen molar-refractivity contribution in [2.24, 2.45) is 0 Å². The van der Waals surface area contributed by atoms with Crippen LogP contribution in [0.5, 0.6) is 11.5 Å². The van der Waals surface area contributed by atoms with Crippen LogP contribution < -0.4 is 14.4 Å². The molecule has 0 atom stereocenters. The predicted molar refractivity (Wildman–Crippen MR) is 90.0 cm³/mol. The monoisotopic (exact) mass is 323 g/mol. The topological polar surface area (TPSA) is 60.6 Å². The van der Waals surface area contributed by atoms with Gasteiger partial charge in [0.15, 0.2) is 11.5 Å². The molecule has 24 heavy (non-hydrogen) atoms. The van der Waals surface area contributed by atoms with Crippen LogP contribution in [0.25, 0.3) is 11.4 Å². The number of ether oxygens (including phenoxy) is 2. The molecule has 2 heterocycles. The highest BCUT2D eigenvalue weighted by molar-refractivity contribution is 5.67. The van der Waals surface area contributed by atoms with E-state index in [1.54, 1.807) is 14.2 Å². The Morgan fingerprint density at radius 1 is 1.04 bits per heavy atom. The third-order valence-electron chi connectivity index (χ3n) is 4.18. The van der Waals surface area contributed by atoms with Gasteiger partial charge in [-0.3, -0.25) is 4.90 Å². The number of hydrogen-bond acceptors (Lipinski definition) is 6. The molecule has 1 aliphatic rings. The van der Waals surface area contributed by atoms with Gasteiger partial charge in [0.25, 0.3) is 0 Å². The number of benzene rings is 2. The number of para-hydroxylation sites is 1. The predicted octanol–water partition coefficient (Wildman–Crippen LogP) is 3.45. The molecule has 0 bridgehead atoms. The lowest BCUT2D eigenvalue weighted by Gasteiger charge is -2.12. The fraction of sp³-hybridized carbons (Fsp3) is 0.222. The first-order valence-electron chi connectivity index (χ1n) is 7.71. The average Bonchev–Trinajstić information content (AvgIpc) is 3.27. The van der Waals surface area contributed by atoms with Gasteiger partial charge in [0.1, 0.15) is 0 Å². The molecule has 1 aliphatic heterocycles.